The molecule has 1 amide bonds. The first kappa shape index (κ1) is 11.3. The van der Waals surface area contributed by atoms with E-state index in [1.54, 1.807) is 6.07 Å². The monoisotopic (exact) mass is 285 g/mol. The van der Waals surface area contributed by atoms with Crippen LogP contribution in [0.5, 0.6) is 0 Å². The predicted octanol–water partition coefficient (Wildman–Crippen LogP) is 1.54. The fourth-order valence-corrected chi connectivity index (χ4v) is 1.99. The SMILES string of the molecule is Nc1cnc(NC(=O)C2CCCO2)c(Br)c1. The number of aromatic nitrogens is 1. The fourth-order valence-electron chi connectivity index (χ4n) is 1.53. The van der Waals surface area contributed by atoms with E-state index in [1.165, 1.54) is 6.20 Å². The number of rotatable bonds is 2. The van der Waals surface area contributed by atoms with Gasteiger partial charge in [0.25, 0.3) is 5.91 Å². The summed E-state index contributed by atoms with van der Waals surface area (Å²) in [4.78, 5) is 15.8. The van der Waals surface area contributed by atoms with Gasteiger partial charge in [0, 0.05) is 6.61 Å². The van der Waals surface area contributed by atoms with Crippen molar-refractivity contribution in [2.45, 2.75) is 18.9 Å². The molecule has 86 valence electrons. The lowest BCUT2D eigenvalue weighted by Crippen LogP contribution is -2.27. The summed E-state index contributed by atoms with van der Waals surface area (Å²) in [6.45, 7) is 0.647. The number of pyridine rings is 1. The van der Waals surface area contributed by atoms with E-state index in [4.69, 9.17) is 10.5 Å². The molecule has 1 aliphatic heterocycles. The molecule has 1 aliphatic rings. The lowest BCUT2D eigenvalue weighted by atomic mass is 10.2. The van der Waals surface area contributed by atoms with E-state index in [-0.39, 0.29) is 12.0 Å². The van der Waals surface area contributed by atoms with Crippen molar-refractivity contribution in [1.82, 2.24) is 4.98 Å². The third-order valence-corrected chi connectivity index (χ3v) is 2.93. The summed E-state index contributed by atoms with van der Waals surface area (Å²) in [5.74, 6) is 0.310. The molecule has 6 heteroatoms. The number of nitrogen functional groups attached to an aromatic ring is 1. The summed E-state index contributed by atoms with van der Waals surface area (Å²) < 4.78 is 5.94. The summed E-state index contributed by atoms with van der Waals surface area (Å²) >= 11 is 3.29. The number of amides is 1. The average Bonchev–Trinajstić information content (AvgIpc) is 2.75. The molecule has 1 atom stereocenters. The van der Waals surface area contributed by atoms with Gasteiger partial charge < -0.3 is 15.8 Å². The van der Waals surface area contributed by atoms with Gasteiger partial charge in [-0.25, -0.2) is 4.98 Å². The number of anilines is 2. The second-order valence-electron chi connectivity index (χ2n) is 3.59. The van der Waals surface area contributed by atoms with Crippen LogP contribution in [-0.4, -0.2) is 23.6 Å². The van der Waals surface area contributed by atoms with E-state index in [1.807, 2.05) is 0 Å². The Kier molecular flexibility index (Phi) is 3.40. The quantitative estimate of drug-likeness (QED) is 0.864. The zero-order valence-electron chi connectivity index (χ0n) is 8.57. The highest BCUT2D eigenvalue weighted by molar-refractivity contribution is 9.10. The molecule has 0 spiro atoms. The van der Waals surface area contributed by atoms with E-state index in [0.717, 1.165) is 12.8 Å². The van der Waals surface area contributed by atoms with Gasteiger partial charge in [-0.05, 0) is 34.8 Å². The highest BCUT2D eigenvalue weighted by Gasteiger charge is 2.24. The number of halogens is 1. The lowest BCUT2D eigenvalue weighted by Gasteiger charge is -2.10. The summed E-state index contributed by atoms with van der Waals surface area (Å²) in [6, 6.07) is 1.69. The first-order valence-electron chi connectivity index (χ1n) is 5.00. The number of hydrogen-bond donors (Lipinski definition) is 2. The number of carbonyl (C=O) groups is 1. The Morgan fingerprint density at radius 2 is 2.50 bits per heavy atom. The van der Waals surface area contributed by atoms with Crippen LogP contribution in [0.4, 0.5) is 11.5 Å². The maximum atomic E-state index is 11.7. The van der Waals surface area contributed by atoms with Gasteiger partial charge in [0.05, 0.1) is 16.4 Å². The van der Waals surface area contributed by atoms with Crippen LogP contribution in [0.15, 0.2) is 16.7 Å². The van der Waals surface area contributed by atoms with Gasteiger partial charge in [-0.15, -0.1) is 0 Å². The van der Waals surface area contributed by atoms with Gasteiger partial charge in [-0.1, -0.05) is 0 Å². The van der Waals surface area contributed by atoms with Crippen LogP contribution >= 0.6 is 15.9 Å². The number of carbonyl (C=O) groups excluding carboxylic acids is 1. The molecule has 1 saturated heterocycles. The zero-order chi connectivity index (χ0) is 11.5. The molecule has 0 aliphatic carbocycles. The van der Waals surface area contributed by atoms with Crippen LogP contribution < -0.4 is 11.1 Å². The molecule has 16 heavy (non-hydrogen) atoms. The van der Waals surface area contributed by atoms with Gasteiger partial charge in [-0.2, -0.15) is 0 Å². The Hall–Kier alpha value is -1.14. The van der Waals surface area contributed by atoms with Crippen molar-refractivity contribution in [2.24, 2.45) is 0 Å². The maximum Gasteiger partial charge on any atom is 0.254 e. The third-order valence-electron chi connectivity index (χ3n) is 2.33. The molecule has 3 N–H and O–H groups in total. The molecule has 0 bridgehead atoms. The molecule has 0 radical (unpaired) electrons. The van der Waals surface area contributed by atoms with Gasteiger partial charge in [-0.3, -0.25) is 4.79 Å². The van der Waals surface area contributed by atoms with Crippen molar-refractivity contribution in [2.75, 3.05) is 17.7 Å². The highest BCUT2D eigenvalue weighted by Crippen LogP contribution is 2.23. The van der Waals surface area contributed by atoms with Crippen LogP contribution in [0.2, 0.25) is 0 Å². The van der Waals surface area contributed by atoms with Crippen LogP contribution in [-0.2, 0) is 9.53 Å². The molecule has 0 aromatic carbocycles. The minimum Gasteiger partial charge on any atom is -0.397 e. The minimum atomic E-state index is -0.355. The second-order valence-corrected chi connectivity index (χ2v) is 4.44. The Morgan fingerprint density at radius 1 is 1.69 bits per heavy atom. The van der Waals surface area contributed by atoms with E-state index in [2.05, 4.69) is 26.2 Å². The van der Waals surface area contributed by atoms with Crippen LogP contribution in [0, 0.1) is 0 Å². The fraction of sp³-hybridized carbons (Fsp3) is 0.400. The molecule has 2 heterocycles. The van der Waals surface area contributed by atoms with Crippen molar-refractivity contribution >= 4 is 33.3 Å². The topological polar surface area (TPSA) is 77.2 Å². The molecular formula is C10H12BrN3O2. The number of hydrogen-bond acceptors (Lipinski definition) is 4. The van der Waals surface area contributed by atoms with Crippen molar-refractivity contribution in [3.05, 3.63) is 16.7 Å². The first-order chi connectivity index (χ1) is 7.66. The Balaban J connectivity index is 2.05. The summed E-state index contributed by atoms with van der Waals surface area (Å²) in [5.41, 5.74) is 6.09. The maximum absolute atomic E-state index is 11.7. The Bertz CT molecular complexity index is 405. The summed E-state index contributed by atoms with van der Waals surface area (Å²) in [6.07, 6.45) is 2.83. The molecule has 2 rings (SSSR count). The summed E-state index contributed by atoms with van der Waals surface area (Å²) in [5, 5.41) is 2.70. The van der Waals surface area contributed by atoms with Gasteiger partial charge in [0.15, 0.2) is 0 Å². The van der Waals surface area contributed by atoms with Crippen LogP contribution in [0.1, 0.15) is 12.8 Å². The Morgan fingerprint density at radius 3 is 3.12 bits per heavy atom. The van der Waals surface area contributed by atoms with E-state index < -0.39 is 0 Å². The average molecular weight is 286 g/mol. The summed E-state index contributed by atoms with van der Waals surface area (Å²) in [7, 11) is 0. The largest absolute Gasteiger partial charge is 0.397 e. The van der Waals surface area contributed by atoms with Gasteiger partial charge >= 0.3 is 0 Å². The second kappa shape index (κ2) is 4.80. The normalized spacial score (nSPS) is 19.7. The molecule has 1 aromatic rings. The van der Waals surface area contributed by atoms with Crippen molar-refractivity contribution < 1.29 is 9.53 Å². The number of nitrogens with one attached hydrogen (secondary N) is 1. The zero-order valence-corrected chi connectivity index (χ0v) is 10.2. The molecule has 1 aromatic heterocycles. The highest BCUT2D eigenvalue weighted by atomic mass is 79.9. The van der Waals surface area contributed by atoms with Crippen molar-refractivity contribution in [3.8, 4) is 0 Å². The van der Waals surface area contributed by atoms with E-state index in [9.17, 15) is 4.79 Å². The number of ether oxygens (including phenoxy) is 1. The number of nitrogens with zero attached hydrogens (tertiary/aromatic N) is 1. The standard InChI is InChI=1S/C10H12BrN3O2/c11-7-4-6(12)5-13-9(7)14-10(15)8-2-1-3-16-8/h4-5,8H,1-3,12H2,(H,13,14,15). The Labute approximate surface area is 102 Å². The first-order valence-corrected chi connectivity index (χ1v) is 5.79. The van der Waals surface area contributed by atoms with E-state index in [0.29, 0.717) is 22.6 Å². The van der Waals surface area contributed by atoms with Crippen molar-refractivity contribution in [1.29, 1.82) is 0 Å². The molecule has 5 nitrogen and oxygen atoms in total. The predicted molar refractivity (Wildman–Crippen MR) is 64.0 cm³/mol. The lowest BCUT2D eigenvalue weighted by molar-refractivity contribution is -0.124. The molecule has 1 fully saturated rings. The minimum absolute atomic E-state index is 0.157. The van der Waals surface area contributed by atoms with Gasteiger partial charge in [0.1, 0.15) is 11.9 Å². The van der Waals surface area contributed by atoms with Crippen LogP contribution in [0.3, 0.4) is 0 Å². The van der Waals surface area contributed by atoms with Crippen LogP contribution in [0.25, 0.3) is 0 Å². The molecule has 1 unspecified atom stereocenters. The van der Waals surface area contributed by atoms with Gasteiger partial charge in [0.2, 0.25) is 0 Å². The number of nitrogens with two attached hydrogens (primary N) is 1. The third kappa shape index (κ3) is 2.51. The van der Waals surface area contributed by atoms with E-state index >= 15 is 0 Å². The molecular weight excluding hydrogens is 274 g/mol. The molecule has 0 saturated carbocycles. The smallest absolute Gasteiger partial charge is 0.254 e. The van der Waals surface area contributed by atoms with Crippen molar-refractivity contribution in [3.63, 3.8) is 0 Å².